The molecule has 3 amide bonds. The summed E-state index contributed by atoms with van der Waals surface area (Å²) >= 11 is 0. The highest BCUT2D eigenvalue weighted by Gasteiger charge is 2.52. The molecule has 1 aromatic rings. The molecule has 1 spiro atoms. The van der Waals surface area contributed by atoms with Crippen LogP contribution in [0.15, 0.2) is 18.2 Å². The number of nitrogens with zero attached hydrogens (tertiary/aromatic N) is 2. The third-order valence-electron chi connectivity index (χ3n) is 7.81. The normalized spacial score (nSPS) is 31.7. The highest BCUT2D eigenvalue weighted by molar-refractivity contribution is 6.05. The first kappa shape index (κ1) is 20.2. The molecule has 3 atom stereocenters. The quantitative estimate of drug-likeness (QED) is 0.715. The molecule has 0 bridgehead atoms. The van der Waals surface area contributed by atoms with Gasteiger partial charge in [0.1, 0.15) is 17.9 Å². The summed E-state index contributed by atoms with van der Waals surface area (Å²) in [7, 11) is 0. The maximum absolute atomic E-state index is 12.9. The van der Waals surface area contributed by atoms with Gasteiger partial charge >= 0.3 is 0 Å². The van der Waals surface area contributed by atoms with Crippen molar-refractivity contribution < 1.29 is 23.9 Å². The van der Waals surface area contributed by atoms with Crippen molar-refractivity contribution in [3.63, 3.8) is 0 Å². The van der Waals surface area contributed by atoms with Gasteiger partial charge in [-0.15, -0.1) is 0 Å². The molecule has 8 nitrogen and oxygen atoms in total. The van der Waals surface area contributed by atoms with E-state index in [-0.39, 0.29) is 30.2 Å². The summed E-state index contributed by atoms with van der Waals surface area (Å²) in [5.41, 5.74) is 1.91. The minimum atomic E-state index is -0.589. The van der Waals surface area contributed by atoms with Gasteiger partial charge in [-0.05, 0) is 49.4 Å². The predicted octanol–water partition coefficient (Wildman–Crippen LogP) is 1.47. The lowest BCUT2D eigenvalue weighted by Gasteiger charge is -2.58. The van der Waals surface area contributed by atoms with Crippen molar-refractivity contribution in [2.45, 2.75) is 63.3 Å². The highest BCUT2D eigenvalue weighted by atomic mass is 16.5. The predicted molar refractivity (Wildman–Crippen MR) is 114 cm³/mol. The Hall–Kier alpha value is -2.45. The van der Waals surface area contributed by atoms with E-state index in [2.05, 4.69) is 10.2 Å². The Balaban J connectivity index is 1.14. The molecule has 4 heterocycles. The maximum Gasteiger partial charge on any atom is 0.255 e. The van der Waals surface area contributed by atoms with E-state index in [9.17, 15) is 14.4 Å². The molecule has 3 saturated heterocycles. The number of nitrogens with one attached hydrogen (secondary N) is 1. The zero-order chi connectivity index (χ0) is 21.9. The van der Waals surface area contributed by atoms with Gasteiger partial charge < -0.3 is 14.4 Å². The van der Waals surface area contributed by atoms with Gasteiger partial charge in [0.2, 0.25) is 11.8 Å². The van der Waals surface area contributed by atoms with E-state index in [1.165, 1.54) is 12.8 Å². The molecule has 1 N–H and O–H groups in total. The number of carbonyl (C=O) groups excluding carboxylic acids is 3. The topological polar surface area (TPSA) is 88.2 Å². The first-order chi connectivity index (χ1) is 15.5. The van der Waals surface area contributed by atoms with Gasteiger partial charge in [0.05, 0.1) is 13.2 Å². The van der Waals surface area contributed by atoms with Gasteiger partial charge in [-0.25, -0.2) is 0 Å². The second kappa shape index (κ2) is 7.56. The van der Waals surface area contributed by atoms with Gasteiger partial charge in [0, 0.05) is 43.1 Å². The Labute approximate surface area is 187 Å². The Morgan fingerprint density at radius 2 is 1.88 bits per heavy atom. The zero-order valence-corrected chi connectivity index (χ0v) is 18.2. The number of hydrogen-bond donors (Lipinski definition) is 1. The number of rotatable bonds is 4. The minimum Gasteiger partial charge on any atom is -0.489 e. The number of hydrogen-bond acceptors (Lipinski definition) is 6. The fourth-order valence-electron chi connectivity index (χ4n) is 6.05. The highest BCUT2D eigenvalue weighted by Crippen LogP contribution is 2.42. The molecule has 1 unspecified atom stereocenters. The van der Waals surface area contributed by atoms with Crippen LogP contribution in [0.4, 0.5) is 0 Å². The van der Waals surface area contributed by atoms with Crippen molar-refractivity contribution in [2.24, 2.45) is 5.41 Å². The third-order valence-corrected chi connectivity index (χ3v) is 7.81. The summed E-state index contributed by atoms with van der Waals surface area (Å²) in [6.07, 6.45) is 5.42. The van der Waals surface area contributed by atoms with E-state index in [1.807, 2.05) is 18.2 Å². The molecule has 8 heteroatoms. The second-order valence-corrected chi connectivity index (χ2v) is 10.1. The van der Waals surface area contributed by atoms with Crippen LogP contribution >= 0.6 is 0 Å². The molecule has 32 heavy (non-hydrogen) atoms. The van der Waals surface area contributed by atoms with Crippen molar-refractivity contribution >= 4 is 17.7 Å². The van der Waals surface area contributed by atoms with Crippen LogP contribution in [-0.2, 0) is 20.9 Å². The fraction of sp³-hybridized carbons (Fsp3) is 0.625. The van der Waals surface area contributed by atoms with E-state index in [4.69, 9.17) is 9.47 Å². The Bertz CT molecular complexity index is 966. The number of carbonyl (C=O) groups is 3. The Morgan fingerprint density at radius 3 is 2.62 bits per heavy atom. The Kier molecular flexibility index (Phi) is 4.76. The molecule has 1 aliphatic carbocycles. The van der Waals surface area contributed by atoms with Gasteiger partial charge in [-0.2, -0.15) is 0 Å². The van der Waals surface area contributed by atoms with E-state index in [0.717, 1.165) is 50.5 Å². The van der Waals surface area contributed by atoms with Crippen molar-refractivity contribution in [2.75, 3.05) is 26.3 Å². The number of likely N-dealkylation sites (tertiary alicyclic amines) is 1. The van der Waals surface area contributed by atoms with Gasteiger partial charge in [0.15, 0.2) is 0 Å². The monoisotopic (exact) mass is 439 g/mol. The van der Waals surface area contributed by atoms with Crippen LogP contribution in [0.2, 0.25) is 0 Å². The van der Waals surface area contributed by atoms with Crippen molar-refractivity contribution in [1.82, 2.24) is 15.1 Å². The maximum atomic E-state index is 12.9. The Morgan fingerprint density at radius 1 is 1.06 bits per heavy atom. The first-order valence-electron chi connectivity index (χ1n) is 11.8. The van der Waals surface area contributed by atoms with Gasteiger partial charge in [-0.3, -0.25) is 24.6 Å². The number of fused-ring (bicyclic) bond motifs is 1. The second-order valence-electron chi connectivity index (χ2n) is 10.1. The number of imide groups is 1. The van der Waals surface area contributed by atoms with Crippen LogP contribution < -0.4 is 10.1 Å². The zero-order valence-electron chi connectivity index (χ0n) is 18.2. The standard InChI is InChI=1S/C24H29N3O5/c28-21-8-7-19(22(29)25-21)27-10-15-9-16(5-6-17(15)23(27)30)32-20-4-2-1-3-18(20)26-11-24(12-26)13-31-14-24/h5-6,9,18-20H,1-4,7-8,10-14H2,(H,25,28,29)/t18-,19?,20+/m0/s1. The molecule has 5 aliphatic rings. The first-order valence-corrected chi connectivity index (χ1v) is 11.8. The van der Waals surface area contributed by atoms with E-state index in [1.54, 1.807) is 4.90 Å². The SMILES string of the molecule is O=C1CCC(N2Cc3cc(O[C@@H]4CCCC[C@@H]4N4CC5(COC5)C4)ccc3C2=O)C(=O)N1. The summed E-state index contributed by atoms with van der Waals surface area (Å²) in [5.74, 6) is -0.00910. The lowest BCUT2D eigenvalue weighted by Crippen LogP contribution is -2.70. The summed E-state index contributed by atoms with van der Waals surface area (Å²) in [4.78, 5) is 40.8. The number of piperidine rings is 1. The molecule has 4 fully saturated rings. The summed E-state index contributed by atoms with van der Waals surface area (Å²) in [6, 6.07) is 5.51. The lowest BCUT2D eigenvalue weighted by atomic mass is 9.75. The van der Waals surface area contributed by atoms with Crippen LogP contribution in [0.25, 0.3) is 0 Å². The summed E-state index contributed by atoms with van der Waals surface area (Å²) in [6.45, 7) is 4.38. The van der Waals surface area contributed by atoms with Crippen molar-refractivity contribution in [1.29, 1.82) is 0 Å². The van der Waals surface area contributed by atoms with Crippen LogP contribution in [0.3, 0.4) is 0 Å². The van der Waals surface area contributed by atoms with Crippen LogP contribution in [0, 0.1) is 5.41 Å². The van der Waals surface area contributed by atoms with Crippen LogP contribution in [-0.4, -0.2) is 72.0 Å². The molecule has 1 aromatic carbocycles. The number of benzene rings is 1. The summed E-state index contributed by atoms with van der Waals surface area (Å²) in [5, 5.41) is 2.35. The lowest BCUT2D eigenvalue weighted by molar-refractivity contribution is -0.207. The van der Waals surface area contributed by atoms with Gasteiger partial charge in [0.25, 0.3) is 5.91 Å². The van der Waals surface area contributed by atoms with Gasteiger partial charge in [-0.1, -0.05) is 6.42 Å². The fourth-order valence-corrected chi connectivity index (χ4v) is 6.05. The molecule has 6 rings (SSSR count). The molecule has 4 aliphatic heterocycles. The largest absolute Gasteiger partial charge is 0.489 e. The number of amides is 3. The minimum absolute atomic E-state index is 0.148. The van der Waals surface area contributed by atoms with Crippen LogP contribution in [0.1, 0.15) is 54.4 Å². The van der Waals surface area contributed by atoms with E-state index < -0.39 is 6.04 Å². The molecule has 0 aromatic heterocycles. The average molecular weight is 440 g/mol. The van der Waals surface area contributed by atoms with Crippen molar-refractivity contribution in [3.05, 3.63) is 29.3 Å². The molecule has 170 valence electrons. The van der Waals surface area contributed by atoms with E-state index in [0.29, 0.717) is 30.0 Å². The number of ether oxygens (including phenoxy) is 2. The third kappa shape index (κ3) is 3.31. The molecule has 1 saturated carbocycles. The van der Waals surface area contributed by atoms with Crippen LogP contribution in [0.5, 0.6) is 5.75 Å². The smallest absolute Gasteiger partial charge is 0.255 e. The van der Waals surface area contributed by atoms with E-state index >= 15 is 0 Å². The summed E-state index contributed by atoms with van der Waals surface area (Å²) < 4.78 is 11.9. The molecule has 0 radical (unpaired) electrons. The van der Waals surface area contributed by atoms with Crippen molar-refractivity contribution in [3.8, 4) is 5.75 Å². The average Bonchev–Trinajstić information content (AvgIpc) is 3.03. The molecular formula is C24H29N3O5. The molecular weight excluding hydrogens is 410 g/mol.